The van der Waals surface area contributed by atoms with Gasteiger partial charge >= 0.3 is 0 Å². The largest absolute Gasteiger partial charge is 0.379 e. The van der Waals surface area contributed by atoms with Crippen molar-refractivity contribution < 1.29 is 9.53 Å². The van der Waals surface area contributed by atoms with Gasteiger partial charge in [-0.3, -0.25) is 9.36 Å². The summed E-state index contributed by atoms with van der Waals surface area (Å²) in [6.45, 7) is 1.40. The van der Waals surface area contributed by atoms with Gasteiger partial charge in [-0.2, -0.15) is 4.98 Å². The van der Waals surface area contributed by atoms with Crippen LogP contribution in [0.5, 0.6) is 0 Å². The third-order valence-electron chi connectivity index (χ3n) is 6.63. The molecule has 1 amide bonds. The average molecular weight is 539 g/mol. The number of aromatic nitrogens is 4. The first-order chi connectivity index (χ1) is 16.9. The van der Waals surface area contributed by atoms with Crippen LogP contribution in [0.15, 0.2) is 18.3 Å². The molecule has 2 fully saturated rings. The molecule has 5 rings (SSSR count). The topological polar surface area (TPSA) is 120 Å². The minimum atomic E-state index is -0.250. The lowest BCUT2D eigenvalue weighted by atomic mass is 9.85. The van der Waals surface area contributed by atoms with Gasteiger partial charge in [0, 0.05) is 23.6 Å². The van der Waals surface area contributed by atoms with Crippen molar-refractivity contribution in [1.82, 2.24) is 19.5 Å². The zero-order valence-corrected chi connectivity index (χ0v) is 21.2. The van der Waals surface area contributed by atoms with Gasteiger partial charge in [-0.25, -0.2) is 9.97 Å². The first-order valence-electron chi connectivity index (χ1n) is 11.7. The molecule has 186 valence electrons. The Bertz CT molecular complexity index is 1210. The molecule has 1 saturated carbocycles. The van der Waals surface area contributed by atoms with Gasteiger partial charge in [-0.1, -0.05) is 34.8 Å². The number of fused-ring (bicyclic) bond motifs is 1. The van der Waals surface area contributed by atoms with Crippen LogP contribution in [0.2, 0.25) is 15.1 Å². The fraction of sp³-hybridized carbons (Fsp3) is 0.478. The van der Waals surface area contributed by atoms with E-state index in [0.29, 0.717) is 63.3 Å². The quantitative estimate of drug-likeness (QED) is 0.387. The van der Waals surface area contributed by atoms with Crippen molar-refractivity contribution >= 4 is 69.5 Å². The highest BCUT2D eigenvalue weighted by molar-refractivity contribution is 6.41. The van der Waals surface area contributed by atoms with E-state index in [0.717, 1.165) is 32.3 Å². The van der Waals surface area contributed by atoms with Crippen molar-refractivity contribution in [1.29, 1.82) is 0 Å². The number of nitrogens with one attached hydrogen (secondary N) is 2. The van der Waals surface area contributed by atoms with Crippen molar-refractivity contribution in [2.24, 2.45) is 11.7 Å². The molecule has 9 nitrogen and oxygen atoms in total. The molecule has 1 aromatic carbocycles. The molecule has 3 aromatic rings. The molecule has 0 spiro atoms. The number of benzene rings is 1. The number of anilines is 3. The highest BCUT2D eigenvalue weighted by Gasteiger charge is 2.29. The third kappa shape index (κ3) is 5.28. The van der Waals surface area contributed by atoms with E-state index >= 15 is 0 Å². The first-order valence-corrected chi connectivity index (χ1v) is 12.8. The van der Waals surface area contributed by atoms with Crippen molar-refractivity contribution in [3.05, 3.63) is 33.4 Å². The van der Waals surface area contributed by atoms with Crippen molar-refractivity contribution in [3.63, 3.8) is 0 Å². The molecule has 3 heterocycles. The van der Waals surface area contributed by atoms with E-state index in [4.69, 9.17) is 55.2 Å². The number of carbonyl (C=O) groups excluding carboxylic acids is 1. The number of nitrogens with zero attached hydrogens (tertiary/aromatic N) is 4. The summed E-state index contributed by atoms with van der Waals surface area (Å²) in [4.78, 5) is 25.8. The lowest BCUT2D eigenvalue weighted by Crippen LogP contribution is -2.31. The molecule has 4 N–H and O–H groups in total. The number of hydrogen-bond acceptors (Lipinski definition) is 7. The Kier molecular flexibility index (Phi) is 7.20. The lowest BCUT2D eigenvalue weighted by Gasteiger charge is -2.29. The zero-order chi connectivity index (χ0) is 24.5. The average Bonchev–Trinajstić information content (AvgIpc) is 3.19. The second kappa shape index (κ2) is 10.3. The Morgan fingerprint density at radius 2 is 1.83 bits per heavy atom. The summed E-state index contributed by atoms with van der Waals surface area (Å²) in [6, 6.07) is 3.46. The van der Waals surface area contributed by atoms with Crippen molar-refractivity contribution in [2.75, 3.05) is 23.8 Å². The first kappa shape index (κ1) is 24.4. The minimum Gasteiger partial charge on any atom is -0.379 e. The third-order valence-corrected chi connectivity index (χ3v) is 7.45. The maximum absolute atomic E-state index is 11.7. The van der Waals surface area contributed by atoms with Crippen molar-refractivity contribution in [2.45, 2.75) is 50.6 Å². The summed E-state index contributed by atoms with van der Waals surface area (Å²) in [5.74, 6) is 0.700. The summed E-state index contributed by atoms with van der Waals surface area (Å²) in [6.07, 6.45) is 6.64. The number of imidazole rings is 1. The van der Waals surface area contributed by atoms with Gasteiger partial charge in [-0.05, 0) is 50.7 Å². The van der Waals surface area contributed by atoms with Gasteiger partial charge in [0.05, 0.1) is 34.6 Å². The minimum absolute atomic E-state index is 0.0590. The molecule has 2 aliphatic rings. The van der Waals surface area contributed by atoms with Crippen LogP contribution in [0, 0.1) is 5.92 Å². The Labute approximate surface area is 217 Å². The smallest absolute Gasteiger partial charge is 0.225 e. The second-order valence-corrected chi connectivity index (χ2v) is 10.3. The number of halogens is 3. The SMILES string of the molecule is NC(=O)C1CCC(n2c(Nc3c(Cl)cc(Cl)cc3Cl)nc3cnc(NC4CCCOC4)nc32)CC1. The second-order valence-electron chi connectivity index (χ2n) is 9.04. The number of primary amides is 1. The molecule has 35 heavy (non-hydrogen) atoms. The molecule has 2 aromatic heterocycles. The molecule has 12 heteroatoms. The molecule has 1 saturated heterocycles. The van der Waals surface area contributed by atoms with E-state index in [2.05, 4.69) is 20.2 Å². The zero-order valence-electron chi connectivity index (χ0n) is 18.9. The Balaban J connectivity index is 1.52. The predicted molar refractivity (Wildman–Crippen MR) is 138 cm³/mol. The van der Waals surface area contributed by atoms with E-state index in [1.54, 1.807) is 18.3 Å². The lowest BCUT2D eigenvalue weighted by molar-refractivity contribution is -0.122. The summed E-state index contributed by atoms with van der Waals surface area (Å²) >= 11 is 19.0. The van der Waals surface area contributed by atoms with Gasteiger partial charge in [0.25, 0.3) is 0 Å². The van der Waals surface area contributed by atoms with Gasteiger partial charge in [0.2, 0.25) is 17.8 Å². The van der Waals surface area contributed by atoms with Crippen LogP contribution in [-0.4, -0.2) is 44.7 Å². The van der Waals surface area contributed by atoms with Gasteiger partial charge in [0.15, 0.2) is 5.65 Å². The summed E-state index contributed by atoms with van der Waals surface area (Å²) in [7, 11) is 0. The Morgan fingerprint density at radius 3 is 2.49 bits per heavy atom. The number of ether oxygens (including phenoxy) is 1. The van der Waals surface area contributed by atoms with E-state index in [-0.39, 0.29) is 23.9 Å². The number of amides is 1. The molecule has 1 atom stereocenters. The molecule has 0 radical (unpaired) electrons. The number of hydrogen-bond donors (Lipinski definition) is 3. The van der Waals surface area contributed by atoms with E-state index in [9.17, 15) is 4.79 Å². The Morgan fingerprint density at radius 1 is 1.09 bits per heavy atom. The van der Waals surface area contributed by atoms with E-state index < -0.39 is 0 Å². The van der Waals surface area contributed by atoms with Crippen LogP contribution in [0.1, 0.15) is 44.6 Å². The molecule has 1 aliphatic carbocycles. The van der Waals surface area contributed by atoms with Crippen LogP contribution in [-0.2, 0) is 9.53 Å². The summed E-state index contributed by atoms with van der Waals surface area (Å²) in [5.41, 5.74) is 7.38. The molecule has 0 bridgehead atoms. The van der Waals surface area contributed by atoms with Crippen LogP contribution in [0.4, 0.5) is 17.6 Å². The van der Waals surface area contributed by atoms with Crippen LogP contribution < -0.4 is 16.4 Å². The molecular weight excluding hydrogens is 513 g/mol. The fourth-order valence-corrected chi connectivity index (χ4v) is 5.74. The van der Waals surface area contributed by atoms with Crippen LogP contribution in [0.25, 0.3) is 11.2 Å². The normalized spacial score (nSPS) is 22.8. The number of rotatable bonds is 6. The fourth-order valence-electron chi connectivity index (χ4n) is 4.82. The van der Waals surface area contributed by atoms with E-state index in [1.165, 1.54) is 0 Å². The maximum atomic E-state index is 11.7. The van der Waals surface area contributed by atoms with E-state index in [1.807, 2.05) is 0 Å². The standard InChI is InChI=1S/C23H26Cl3N7O2/c24-13-8-16(25)19(17(26)9-13)31-23-30-18-10-28-22(29-14-2-1-7-35-11-14)32-21(18)33(23)15-5-3-12(4-6-15)20(27)34/h8-10,12,14-15H,1-7,11H2,(H2,27,34)(H,30,31)(H,28,29,32). The van der Waals surface area contributed by atoms with Gasteiger partial charge in [-0.15, -0.1) is 0 Å². The maximum Gasteiger partial charge on any atom is 0.225 e. The van der Waals surface area contributed by atoms with Crippen LogP contribution >= 0.6 is 34.8 Å². The highest BCUT2D eigenvalue weighted by Crippen LogP contribution is 2.40. The Hall–Kier alpha value is -2.33. The van der Waals surface area contributed by atoms with Gasteiger partial charge < -0.3 is 21.1 Å². The highest BCUT2D eigenvalue weighted by atomic mass is 35.5. The predicted octanol–water partition coefficient (Wildman–Crippen LogP) is 5.34. The summed E-state index contributed by atoms with van der Waals surface area (Å²) in [5, 5.41) is 7.87. The number of carbonyl (C=O) groups is 1. The molecular formula is C23H26Cl3N7O2. The molecule has 1 aliphatic heterocycles. The van der Waals surface area contributed by atoms with Crippen molar-refractivity contribution in [3.8, 4) is 0 Å². The molecule has 1 unspecified atom stereocenters. The number of nitrogens with two attached hydrogens (primary N) is 1. The monoisotopic (exact) mass is 537 g/mol. The van der Waals surface area contributed by atoms with Crippen LogP contribution in [0.3, 0.4) is 0 Å². The summed E-state index contributed by atoms with van der Waals surface area (Å²) < 4.78 is 7.63. The van der Waals surface area contributed by atoms with Gasteiger partial charge in [0.1, 0.15) is 5.52 Å².